The number of likely N-dealkylation sites (tertiary alicyclic amines) is 1. The lowest BCUT2D eigenvalue weighted by molar-refractivity contribution is 0.0499. The van der Waals surface area contributed by atoms with Gasteiger partial charge in [-0.25, -0.2) is 14.4 Å². The van der Waals surface area contributed by atoms with Crippen molar-refractivity contribution in [2.24, 2.45) is 0 Å². The second kappa shape index (κ2) is 12.3. The molecule has 1 aliphatic carbocycles. The summed E-state index contributed by atoms with van der Waals surface area (Å²) in [5.74, 6) is -0.349. The van der Waals surface area contributed by atoms with E-state index in [-0.39, 0.29) is 24.1 Å². The van der Waals surface area contributed by atoms with Crippen LogP contribution in [0, 0.1) is 0 Å². The molecule has 8 heteroatoms. The molecule has 32 heavy (non-hydrogen) atoms. The van der Waals surface area contributed by atoms with Crippen LogP contribution < -0.4 is 16.0 Å². The molecule has 0 spiro atoms. The molecule has 0 unspecified atom stereocenters. The summed E-state index contributed by atoms with van der Waals surface area (Å²) in [6, 6.07) is 6.84. The van der Waals surface area contributed by atoms with Gasteiger partial charge in [0.2, 0.25) is 0 Å². The number of hydrogen-bond acceptors (Lipinski definition) is 4. The molecule has 3 rings (SSSR count). The van der Waals surface area contributed by atoms with Crippen molar-refractivity contribution in [2.45, 2.75) is 76.8 Å². The molecule has 3 N–H and O–H groups in total. The van der Waals surface area contributed by atoms with Gasteiger partial charge in [-0.15, -0.1) is 0 Å². The fourth-order valence-corrected chi connectivity index (χ4v) is 4.17. The zero-order chi connectivity index (χ0) is 22.8. The van der Waals surface area contributed by atoms with Crippen LogP contribution in [0.5, 0.6) is 0 Å². The number of nitrogens with zero attached hydrogens (tertiary/aromatic N) is 1. The third kappa shape index (κ3) is 7.43. The van der Waals surface area contributed by atoms with Gasteiger partial charge in [0.25, 0.3) is 0 Å². The van der Waals surface area contributed by atoms with Crippen molar-refractivity contribution in [1.82, 2.24) is 15.5 Å². The van der Waals surface area contributed by atoms with Crippen molar-refractivity contribution >= 4 is 23.7 Å². The van der Waals surface area contributed by atoms with E-state index < -0.39 is 0 Å². The summed E-state index contributed by atoms with van der Waals surface area (Å²) in [4.78, 5) is 38.5. The van der Waals surface area contributed by atoms with Crippen LogP contribution in [-0.2, 0) is 4.74 Å². The fourth-order valence-electron chi connectivity index (χ4n) is 4.17. The maximum Gasteiger partial charge on any atom is 0.338 e. The molecule has 0 radical (unpaired) electrons. The van der Waals surface area contributed by atoms with E-state index in [1.54, 1.807) is 29.2 Å². The number of piperidine rings is 1. The number of ether oxygens (including phenoxy) is 1. The first-order valence-corrected chi connectivity index (χ1v) is 12.0. The Labute approximate surface area is 190 Å². The Bertz CT molecular complexity index is 754. The van der Waals surface area contributed by atoms with Crippen molar-refractivity contribution in [2.75, 3.05) is 25.0 Å². The molecule has 1 aliphatic heterocycles. The van der Waals surface area contributed by atoms with Crippen LogP contribution in [-0.4, -0.2) is 54.7 Å². The lowest BCUT2D eigenvalue weighted by Crippen LogP contribution is -2.51. The van der Waals surface area contributed by atoms with Gasteiger partial charge >= 0.3 is 18.0 Å². The molecular weight excluding hydrogens is 408 g/mol. The minimum absolute atomic E-state index is 0.0839. The number of urea groups is 2. The first kappa shape index (κ1) is 23.9. The quantitative estimate of drug-likeness (QED) is 0.432. The SMILES string of the molecule is CCCCOC(=O)c1ccc(NC(=O)N2CCC(NC(=O)NC3CCCCC3)CC2)cc1. The molecule has 2 aliphatic rings. The second-order valence-electron chi connectivity index (χ2n) is 8.71. The number of amides is 4. The molecule has 0 aromatic heterocycles. The van der Waals surface area contributed by atoms with Crippen LogP contribution in [0.25, 0.3) is 0 Å². The molecule has 176 valence electrons. The highest BCUT2D eigenvalue weighted by molar-refractivity contribution is 5.92. The molecule has 0 bridgehead atoms. The number of rotatable bonds is 7. The first-order chi connectivity index (χ1) is 15.5. The summed E-state index contributed by atoms with van der Waals surface area (Å²) in [5, 5.41) is 9.02. The van der Waals surface area contributed by atoms with Gasteiger partial charge in [-0.3, -0.25) is 0 Å². The molecule has 4 amide bonds. The van der Waals surface area contributed by atoms with Gasteiger partial charge in [-0.2, -0.15) is 0 Å². The molecule has 1 aromatic carbocycles. The largest absolute Gasteiger partial charge is 0.462 e. The number of carbonyl (C=O) groups excluding carboxylic acids is 3. The van der Waals surface area contributed by atoms with E-state index in [1.807, 2.05) is 6.92 Å². The van der Waals surface area contributed by atoms with Crippen molar-refractivity contribution in [3.63, 3.8) is 0 Å². The standard InChI is InChI=1S/C24H36N4O4/c1-2-3-17-32-22(29)18-9-11-20(12-10-18)27-24(31)28-15-13-21(14-16-28)26-23(30)25-19-7-5-4-6-8-19/h9-12,19,21H,2-8,13-17H2,1H3,(H,27,31)(H2,25,26,30). The molecule has 1 saturated carbocycles. The van der Waals surface area contributed by atoms with Gasteiger partial charge < -0.3 is 25.6 Å². The summed E-state index contributed by atoms with van der Waals surface area (Å²) < 4.78 is 5.20. The van der Waals surface area contributed by atoms with Gasteiger partial charge in [0.05, 0.1) is 12.2 Å². The average Bonchev–Trinajstić information content (AvgIpc) is 2.80. The van der Waals surface area contributed by atoms with E-state index in [4.69, 9.17) is 4.74 Å². The maximum atomic E-state index is 12.6. The average molecular weight is 445 g/mol. The lowest BCUT2D eigenvalue weighted by atomic mass is 9.96. The highest BCUT2D eigenvalue weighted by atomic mass is 16.5. The van der Waals surface area contributed by atoms with Crippen molar-refractivity contribution in [3.05, 3.63) is 29.8 Å². The van der Waals surface area contributed by atoms with Gasteiger partial charge in [-0.05, 0) is 56.4 Å². The summed E-state index contributed by atoms with van der Waals surface area (Å²) >= 11 is 0. The van der Waals surface area contributed by atoms with Crippen molar-refractivity contribution in [1.29, 1.82) is 0 Å². The lowest BCUT2D eigenvalue weighted by Gasteiger charge is -2.33. The Hall–Kier alpha value is -2.77. The Morgan fingerprint density at radius 1 is 0.938 bits per heavy atom. The highest BCUT2D eigenvalue weighted by Gasteiger charge is 2.25. The van der Waals surface area contributed by atoms with Crippen LogP contribution in [0.2, 0.25) is 0 Å². The topological polar surface area (TPSA) is 99.8 Å². The van der Waals surface area contributed by atoms with Crippen LogP contribution in [0.4, 0.5) is 15.3 Å². The monoisotopic (exact) mass is 444 g/mol. The Morgan fingerprint density at radius 3 is 2.19 bits per heavy atom. The summed E-state index contributed by atoms with van der Waals surface area (Å²) in [6.45, 7) is 3.63. The molecule has 8 nitrogen and oxygen atoms in total. The van der Waals surface area contributed by atoms with Gasteiger partial charge in [-0.1, -0.05) is 32.6 Å². The van der Waals surface area contributed by atoms with Gasteiger partial charge in [0.1, 0.15) is 0 Å². The zero-order valence-corrected chi connectivity index (χ0v) is 19.0. The molecule has 1 saturated heterocycles. The molecule has 1 aromatic rings. The number of nitrogens with one attached hydrogen (secondary N) is 3. The second-order valence-corrected chi connectivity index (χ2v) is 8.71. The van der Waals surface area contributed by atoms with Crippen molar-refractivity contribution in [3.8, 4) is 0 Å². The van der Waals surface area contributed by atoms with E-state index in [1.165, 1.54) is 19.3 Å². The number of benzene rings is 1. The molecular formula is C24H36N4O4. The normalized spacial score (nSPS) is 17.5. The maximum absolute atomic E-state index is 12.6. The number of esters is 1. The number of anilines is 1. The van der Waals surface area contributed by atoms with E-state index in [9.17, 15) is 14.4 Å². The fraction of sp³-hybridized carbons (Fsp3) is 0.625. The smallest absolute Gasteiger partial charge is 0.338 e. The Morgan fingerprint density at radius 2 is 1.56 bits per heavy atom. The third-order valence-electron chi connectivity index (χ3n) is 6.16. The molecule has 0 atom stereocenters. The first-order valence-electron chi connectivity index (χ1n) is 12.0. The van der Waals surface area contributed by atoms with E-state index >= 15 is 0 Å². The third-order valence-corrected chi connectivity index (χ3v) is 6.16. The summed E-state index contributed by atoms with van der Waals surface area (Å²) in [5.41, 5.74) is 1.10. The van der Waals surface area contributed by atoms with E-state index in [0.29, 0.717) is 37.0 Å². The molecule has 1 heterocycles. The van der Waals surface area contributed by atoms with Crippen molar-refractivity contribution < 1.29 is 19.1 Å². The minimum atomic E-state index is -0.349. The number of unbranched alkanes of at least 4 members (excludes halogenated alkanes) is 1. The Kier molecular flexibility index (Phi) is 9.19. The van der Waals surface area contributed by atoms with Crippen LogP contribution in [0.3, 0.4) is 0 Å². The van der Waals surface area contributed by atoms with E-state index in [2.05, 4.69) is 16.0 Å². The molecule has 2 fully saturated rings. The number of carbonyl (C=O) groups is 3. The van der Waals surface area contributed by atoms with Gasteiger partial charge in [0.15, 0.2) is 0 Å². The van der Waals surface area contributed by atoms with Crippen LogP contribution >= 0.6 is 0 Å². The van der Waals surface area contributed by atoms with Crippen LogP contribution in [0.1, 0.15) is 75.1 Å². The summed E-state index contributed by atoms with van der Waals surface area (Å²) in [6.07, 6.45) is 9.03. The van der Waals surface area contributed by atoms with Gasteiger partial charge in [0, 0.05) is 30.9 Å². The van der Waals surface area contributed by atoms with Crippen LogP contribution in [0.15, 0.2) is 24.3 Å². The number of hydrogen-bond donors (Lipinski definition) is 3. The Balaban J connectivity index is 1.37. The predicted octanol–water partition coefficient (Wildman–Crippen LogP) is 4.27. The zero-order valence-electron chi connectivity index (χ0n) is 19.0. The minimum Gasteiger partial charge on any atom is -0.462 e. The predicted molar refractivity (Wildman–Crippen MR) is 124 cm³/mol. The summed E-state index contributed by atoms with van der Waals surface area (Å²) in [7, 11) is 0. The van der Waals surface area contributed by atoms with E-state index in [0.717, 1.165) is 38.5 Å². The highest BCUT2D eigenvalue weighted by Crippen LogP contribution is 2.18.